The van der Waals surface area contributed by atoms with E-state index >= 15 is 0 Å². The molecule has 6 rings (SSSR count). The molecule has 5 nitrogen and oxygen atoms in total. The number of nitriles is 2. The van der Waals surface area contributed by atoms with E-state index in [2.05, 4.69) is 24.3 Å². The fourth-order valence-corrected chi connectivity index (χ4v) is 6.03. The minimum Gasteiger partial charge on any atom is -0.497 e. The number of ketones is 1. The van der Waals surface area contributed by atoms with E-state index in [-0.39, 0.29) is 5.78 Å². The van der Waals surface area contributed by atoms with Crippen LogP contribution in [0.3, 0.4) is 0 Å². The van der Waals surface area contributed by atoms with Gasteiger partial charge in [0.1, 0.15) is 11.8 Å². The Kier molecular flexibility index (Phi) is 5.29. The van der Waals surface area contributed by atoms with Crippen LogP contribution in [0.1, 0.15) is 27.4 Å². The van der Waals surface area contributed by atoms with Gasteiger partial charge in [0.15, 0.2) is 11.2 Å². The summed E-state index contributed by atoms with van der Waals surface area (Å²) in [6, 6.07) is 32.1. The Balaban J connectivity index is 1.64. The van der Waals surface area contributed by atoms with Gasteiger partial charge in [-0.25, -0.2) is 0 Å². The van der Waals surface area contributed by atoms with E-state index < -0.39 is 23.4 Å². The SMILES string of the molecule is COc1cccc(C(=O)[C@H]2[C@H](c3ccccc3)C(C#N)(C#N)C3C=Cc4c(ccc5ccccc45)N32)c1. The lowest BCUT2D eigenvalue weighted by molar-refractivity contribution is 0.0950. The molecule has 2 aliphatic heterocycles. The van der Waals surface area contributed by atoms with Crippen LogP contribution in [0.5, 0.6) is 5.75 Å². The van der Waals surface area contributed by atoms with Crippen LogP contribution in [0.15, 0.2) is 97.1 Å². The van der Waals surface area contributed by atoms with Gasteiger partial charge in [-0.05, 0) is 34.5 Å². The maximum Gasteiger partial charge on any atom is 0.186 e. The minimum atomic E-state index is -1.47. The van der Waals surface area contributed by atoms with Gasteiger partial charge in [-0.15, -0.1) is 0 Å². The summed E-state index contributed by atoms with van der Waals surface area (Å²) >= 11 is 0. The van der Waals surface area contributed by atoms with Gasteiger partial charge >= 0.3 is 0 Å². The molecule has 1 fully saturated rings. The Morgan fingerprint density at radius 1 is 0.919 bits per heavy atom. The number of methoxy groups -OCH3 is 1. The molecule has 3 atom stereocenters. The van der Waals surface area contributed by atoms with E-state index in [0.717, 1.165) is 27.6 Å². The number of rotatable bonds is 4. The van der Waals surface area contributed by atoms with Crippen molar-refractivity contribution in [1.29, 1.82) is 10.5 Å². The number of anilines is 1. The average Bonchev–Trinajstić information content (AvgIpc) is 3.28. The molecule has 4 aromatic rings. The van der Waals surface area contributed by atoms with Crippen molar-refractivity contribution in [1.82, 2.24) is 0 Å². The molecular weight excluding hydrogens is 458 g/mol. The summed E-state index contributed by atoms with van der Waals surface area (Å²) in [5.41, 5.74) is 1.63. The molecule has 0 spiro atoms. The van der Waals surface area contributed by atoms with Crippen molar-refractivity contribution >= 4 is 28.3 Å². The maximum absolute atomic E-state index is 14.4. The summed E-state index contributed by atoms with van der Waals surface area (Å²) < 4.78 is 5.39. The van der Waals surface area contributed by atoms with Gasteiger partial charge < -0.3 is 9.64 Å². The van der Waals surface area contributed by atoms with Crippen molar-refractivity contribution < 1.29 is 9.53 Å². The molecule has 2 aliphatic rings. The summed E-state index contributed by atoms with van der Waals surface area (Å²) in [7, 11) is 1.56. The highest BCUT2D eigenvalue weighted by atomic mass is 16.5. The lowest BCUT2D eigenvalue weighted by Crippen LogP contribution is -2.44. The Hall–Kier alpha value is -4.87. The smallest absolute Gasteiger partial charge is 0.186 e. The fraction of sp³-hybridized carbons (Fsp3) is 0.156. The number of hydrogen-bond acceptors (Lipinski definition) is 5. The van der Waals surface area contributed by atoms with Crippen LogP contribution in [-0.4, -0.2) is 25.0 Å². The Morgan fingerprint density at radius 3 is 2.43 bits per heavy atom. The number of ether oxygens (including phenoxy) is 1. The maximum atomic E-state index is 14.4. The van der Waals surface area contributed by atoms with Crippen molar-refractivity contribution in [2.24, 2.45) is 5.41 Å². The van der Waals surface area contributed by atoms with Gasteiger partial charge in [0.2, 0.25) is 0 Å². The van der Waals surface area contributed by atoms with Crippen LogP contribution >= 0.6 is 0 Å². The Bertz CT molecular complexity index is 1630. The molecule has 37 heavy (non-hydrogen) atoms. The fourth-order valence-electron chi connectivity index (χ4n) is 6.03. The third kappa shape index (κ3) is 3.25. The van der Waals surface area contributed by atoms with Crippen molar-refractivity contribution in [2.45, 2.75) is 18.0 Å². The highest BCUT2D eigenvalue weighted by molar-refractivity contribution is 6.06. The second-order valence-electron chi connectivity index (χ2n) is 9.45. The predicted molar refractivity (Wildman–Crippen MR) is 143 cm³/mol. The number of nitrogens with zero attached hydrogens (tertiary/aromatic N) is 3. The summed E-state index contributed by atoms with van der Waals surface area (Å²) in [6.45, 7) is 0. The number of benzene rings is 4. The first-order valence-electron chi connectivity index (χ1n) is 12.2. The second kappa shape index (κ2) is 8.66. The van der Waals surface area contributed by atoms with Gasteiger partial charge in [-0.2, -0.15) is 10.5 Å². The quantitative estimate of drug-likeness (QED) is 0.328. The van der Waals surface area contributed by atoms with Crippen molar-refractivity contribution in [3.05, 3.63) is 114 Å². The second-order valence-corrected chi connectivity index (χ2v) is 9.45. The summed E-state index contributed by atoms with van der Waals surface area (Å²) in [4.78, 5) is 16.4. The zero-order chi connectivity index (χ0) is 25.6. The van der Waals surface area contributed by atoms with Crippen LogP contribution in [0.2, 0.25) is 0 Å². The topological polar surface area (TPSA) is 77.1 Å². The average molecular weight is 482 g/mol. The first-order valence-corrected chi connectivity index (χ1v) is 12.2. The van der Waals surface area contributed by atoms with E-state index in [4.69, 9.17) is 4.74 Å². The number of carbonyl (C=O) groups is 1. The number of hydrogen-bond donors (Lipinski definition) is 0. The highest BCUT2D eigenvalue weighted by Gasteiger charge is 2.63. The number of fused-ring (bicyclic) bond motifs is 5. The van der Waals surface area contributed by atoms with Crippen LogP contribution < -0.4 is 9.64 Å². The zero-order valence-corrected chi connectivity index (χ0v) is 20.2. The first-order chi connectivity index (χ1) is 18.1. The van der Waals surface area contributed by atoms with Gasteiger partial charge in [0.05, 0.1) is 25.3 Å². The monoisotopic (exact) mass is 481 g/mol. The molecule has 1 saturated heterocycles. The van der Waals surface area contributed by atoms with E-state index in [1.807, 2.05) is 71.6 Å². The van der Waals surface area contributed by atoms with Crippen LogP contribution in [0.4, 0.5) is 5.69 Å². The molecule has 0 radical (unpaired) electrons. The molecule has 5 heteroatoms. The lowest BCUT2D eigenvalue weighted by atomic mass is 9.69. The van der Waals surface area contributed by atoms with Crippen molar-refractivity contribution in [3.8, 4) is 17.9 Å². The van der Waals surface area contributed by atoms with Gasteiger partial charge in [-0.3, -0.25) is 4.79 Å². The molecule has 2 heterocycles. The molecule has 0 aliphatic carbocycles. The van der Waals surface area contributed by atoms with Crippen LogP contribution in [0.25, 0.3) is 16.8 Å². The molecular formula is C32H23N3O2. The molecule has 0 amide bonds. The standard InChI is InChI=1S/C32H23N3O2/c1-37-24-12-7-11-23(18-24)31(36)30-29(22-9-3-2-4-10-22)32(19-33,20-34)28-17-15-26-25-13-6-5-8-21(25)14-16-27(26)35(28)30/h2-18,28-30H,1H3/t28?,29-,30+/m0/s1. The molecule has 178 valence electrons. The largest absolute Gasteiger partial charge is 0.497 e. The lowest BCUT2D eigenvalue weighted by Gasteiger charge is -2.36. The third-order valence-electron chi connectivity index (χ3n) is 7.69. The summed E-state index contributed by atoms with van der Waals surface area (Å²) in [6.07, 6.45) is 3.93. The molecule has 0 bridgehead atoms. The molecule has 0 saturated carbocycles. The molecule has 0 aromatic heterocycles. The van der Waals surface area contributed by atoms with Gasteiger partial charge in [0.25, 0.3) is 0 Å². The van der Waals surface area contributed by atoms with E-state index in [9.17, 15) is 15.3 Å². The number of carbonyl (C=O) groups excluding carboxylic acids is 1. The predicted octanol–water partition coefficient (Wildman–Crippen LogP) is 6.13. The van der Waals surface area contributed by atoms with Gasteiger partial charge in [0, 0.05) is 22.7 Å². The van der Waals surface area contributed by atoms with E-state index in [0.29, 0.717) is 11.3 Å². The van der Waals surface area contributed by atoms with Crippen LogP contribution in [0, 0.1) is 28.1 Å². The normalized spacial score (nSPS) is 20.9. The number of Topliss-reactive ketones (excluding diaryl/α,β-unsaturated/α-hetero) is 1. The molecule has 4 aromatic carbocycles. The molecule has 1 unspecified atom stereocenters. The Morgan fingerprint density at radius 2 is 1.68 bits per heavy atom. The van der Waals surface area contributed by atoms with E-state index in [1.54, 1.807) is 31.4 Å². The zero-order valence-electron chi connectivity index (χ0n) is 20.2. The van der Waals surface area contributed by atoms with Crippen molar-refractivity contribution in [3.63, 3.8) is 0 Å². The van der Waals surface area contributed by atoms with Gasteiger partial charge in [-0.1, -0.05) is 84.9 Å². The first kappa shape index (κ1) is 22.6. The minimum absolute atomic E-state index is 0.153. The Labute approximate surface area is 215 Å². The summed E-state index contributed by atoms with van der Waals surface area (Å²) in [5.74, 6) is -0.248. The summed E-state index contributed by atoms with van der Waals surface area (Å²) in [5, 5.41) is 23.3. The van der Waals surface area contributed by atoms with E-state index in [1.165, 1.54) is 0 Å². The highest BCUT2D eigenvalue weighted by Crippen LogP contribution is 2.56. The van der Waals surface area contributed by atoms with Crippen molar-refractivity contribution in [2.75, 3.05) is 12.0 Å². The van der Waals surface area contributed by atoms with Crippen LogP contribution in [-0.2, 0) is 0 Å². The molecule has 0 N–H and O–H groups in total. The third-order valence-corrected chi connectivity index (χ3v) is 7.69.